The van der Waals surface area contributed by atoms with Crippen LogP contribution >= 0.6 is 34.4 Å². The molecule has 0 radical (unpaired) electrons. The average molecular weight is 375 g/mol. The largest absolute Gasteiger partial charge is 0.419 e. The number of aromatic nitrogens is 4. The van der Waals surface area contributed by atoms with Crippen LogP contribution in [0.15, 0.2) is 39.3 Å². The van der Waals surface area contributed by atoms with Gasteiger partial charge in [-0.3, -0.25) is 0 Å². The molecule has 0 saturated heterocycles. The van der Waals surface area contributed by atoms with Crippen LogP contribution in [0.3, 0.4) is 0 Å². The van der Waals surface area contributed by atoms with E-state index in [0.29, 0.717) is 11.8 Å². The summed E-state index contributed by atoms with van der Waals surface area (Å²) >= 11 is 4.94. The van der Waals surface area contributed by atoms with Crippen LogP contribution in [0.4, 0.5) is 0 Å². The highest BCUT2D eigenvalue weighted by molar-refractivity contribution is 7.99. The first-order valence-corrected chi connectivity index (χ1v) is 10.1. The van der Waals surface area contributed by atoms with Crippen molar-refractivity contribution >= 4 is 44.7 Å². The van der Waals surface area contributed by atoms with Gasteiger partial charge in [-0.25, -0.2) is 9.97 Å². The summed E-state index contributed by atoms with van der Waals surface area (Å²) in [5.41, 5.74) is 0. The molecular weight excluding hydrogens is 360 g/mol. The van der Waals surface area contributed by atoms with Gasteiger partial charge in [0.2, 0.25) is 5.89 Å². The van der Waals surface area contributed by atoms with Gasteiger partial charge in [-0.05, 0) is 30.9 Å². The van der Waals surface area contributed by atoms with E-state index in [1.54, 1.807) is 40.8 Å². The van der Waals surface area contributed by atoms with Crippen molar-refractivity contribution in [2.45, 2.75) is 30.5 Å². The summed E-state index contributed by atoms with van der Waals surface area (Å²) < 4.78 is 5.83. The minimum absolute atomic E-state index is 0.0225. The van der Waals surface area contributed by atoms with E-state index in [0.717, 1.165) is 26.5 Å². The third-order valence-corrected chi connectivity index (χ3v) is 6.65. The Bertz CT molecular complexity index is 961. The maximum atomic E-state index is 5.83. The predicted octanol–water partition coefficient (Wildman–Crippen LogP) is 5.22. The van der Waals surface area contributed by atoms with E-state index in [4.69, 9.17) is 4.42 Å². The van der Waals surface area contributed by atoms with Gasteiger partial charge in [-0.2, -0.15) is 0 Å². The van der Waals surface area contributed by atoms with Gasteiger partial charge in [0.15, 0.2) is 0 Å². The summed E-state index contributed by atoms with van der Waals surface area (Å²) in [6, 6.07) is 6.13. The van der Waals surface area contributed by atoms with Gasteiger partial charge < -0.3 is 4.42 Å². The van der Waals surface area contributed by atoms with Crippen molar-refractivity contribution < 1.29 is 4.42 Å². The van der Waals surface area contributed by atoms with E-state index in [1.165, 1.54) is 4.88 Å². The zero-order valence-electron chi connectivity index (χ0n) is 13.1. The summed E-state index contributed by atoms with van der Waals surface area (Å²) in [7, 11) is 0. The Morgan fingerprint density at radius 1 is 1.29 bits per heavy atom. The Balaban J connectivity index is 1.60. The molecule has 4 aromatic rings. The first kappa shape index (κ1) is 15.7. The summed E-state index contributed by atoms with van der Waals surface area (Å²) in [6.45, 7) is 4.20. The number of hydrogen-bond acceptors (Lipinski definition) is 8. The topological polar surface area (TPSA) is 64.7 Å². The second kappa shape index (κ2) is 6.62. The molecule has 0 fully saturated rings. The molecule has 0 aliphatic heterocycles. The smallest absolute Gasteiger partial charge is 0.257 e. The Labute approximate surface area is 151 Å². The molecule has 0 aliphatic carbocycles. The average Bonchev–Trinajstić information content (AvgIpc) is 3.33. The second-order valence-electron chi connectivity index (χ2n) is 5.15. The van der Waals surface area contributed by atoms with Crippen LogP contribution in [-0.4, -0.2) is 20.2 Å². The summed E-state index contributed by atoms with van der Waals surface area (Å²) in [4.78, 5) is 12.2. The third kappa shape index (κ3) is 2.97. The fraction of sp³-hybridized carbons (Fsp3) is 0.250. The highest BCUT2D eigenvalue weighted by Gasteiger charge is 2.19. The quantitative estimate of drug-likeness (QED) is 0.352. The molecule has 1 unspecified atom stereocenters. The maximum Gasteiger partial charge on any atom is 0.257 e. The van der Waals surface area contributed by atoms with Gasteiger partial charge in [-0.1, -0.05) is 24.8 Å². The molecule has 0 aromatic carbocycles. The normalized spacial score (nSPS) is 12.8. The van der Waals surface area contributed by atoms with E-state index in [-0.39, 0.29) is 5.25 Å². The van der Waals surface area contributed by atoms with E-state index in [2.05, 4.69) is 40.1 Å². The molecule has 0 N–H and O–H groups in total. The lowest BCUT2D eigenvalue weighted by atomic mass is 10.3. The van der Waals surface area contributed by atoms with Gasteiger partial charge in [0.1, 0.15) is 16.2 Å². The molecule has 4 rings (SSSR count). The van der Waals surface area contributed by atoms with E-state index in [1.807, 2.05) is 17.5 Å². The Hall–Kier alpha value is -1.77. The Morgan fingerprint density at radius 3 is 3.00 bits per heavy atom. The molecule has 1 atom stereocenters. The molecule has 4 aromatic heterocycles. The first-order valence-electron chi connectivity index (χ1n) is 7.52. The fourth-order valence-corrected chi connectivity index (χ4v) is 4.83. The lowest BCUT2D eigenvalue weighted by Gasteiger charge is -2.06. The molecule has 4 heterocycles. The highest BCUT2D eigenvalue weighted by atomic mass is 32.2. The fourth-order valence-electron chi connectivity index (χ4n) is 2.27. The molecule has 0 aliphatic rings. The van der Waals surface area contributed by atoms with Crippen LogP contribution in [0.1, 0.15) is 29.9 Å². The van der Waals surface area contributed by atoms with Crippen molar-refractivity contribution in [3.8, 4) is 10.8 Å². The van der Waals surface area contributed by atoms with Crippen molar-refractivity contribution in [1.82, 2.24) is 20.2 Å². The Morgan fingerprint density at radius 2 is 2.21 bits per heavy atom. The summed E-state index contributed by atoms with van der Waals surface area (Å²) in [5, 5.41) is 12.4. The minimum Gasteiger partial charge on any atom is -0.419 e. The standard InChI is InChI=1S/C16H14N4OS3/c1-3-10-7-11-15(17-8-18-16(11)24-10)23-9(2)13-19-20-14(21-13)12-5-4-6-22-12/h4-9H,3H2,1-2H3. The first-order chi connectivity index (χ1) is 11.7. The molecule has 122 valence electrons. The summed E-state index contributed by atoms with van der Waals surface area (Å²) in [5.74, 6) is 1.19. The van der Waals surface area contributed by atoms with Gasteiger partial charge >= 0.3 is 0 Å². The molecule has 0 bridgehead atoms. The van der Waals surface area contributed by atoms with Crippen LogP contribution < -0.4 is 0 Å². The van der Waals surface area contributed by atoms with Gasteiger partial charge in [-0.15, -0.1) is 32.9 Å². The predicted molar refractivity (Wildman–Crippen MR) is 98.7 cm³/mol. The van der Waals surface area contributed by atoms with Gasteiger partial charge in [0.05, 0.1) is 10.1 Å². The lowest BCUT2D eigenvalue weighted by Crippen LogP contribution is -1.91. The third-order valence-electron chi connectivity index (χ3n) is 3.50. The van der Waals surface area contributed by atoms with Crippen LogP contribution in [0.25, 0.3) is 21.0 Å². The molecule has 5 nitrogen and oxygen atoms in total. The van der Waals surface area contributed by atoms with Gasteiger partial charge in [0, 0.05) is 10.3 Å². The van der Waals surface area contributed by atoms with Crippen LogP contribution in [0.2, 0.25) is 0 Å². The Kier molecular flexibility index (Phi) is 4.34. The van der Waals surface area contributed by atoms with Crippen molar-refractivity contribution in [3.63, 3.8) is 0 Å². The molecule has 0 spiro atoms. The van der Waals surface area contributed by atoms with Crippen LogP contribution in [0.5, 0.6) is 0 Å². The second-order valence-corrected chi connectivity index (χ2v) is 8.54. The molecular formula is C16H14N4OS3. The van der Waals surface area contributed by atoms with Crippen LogP contribution in [0, 0.1) is 0 Å². The molecule has 24 heavy (non-hydrogen) atoms. The zero-order chi connectivity index (χ0) is 16.5. The number of aryl methyl sites for hydroxylation is 1. The SMILES string of the molecule is CCc1cc2c(SC(C)c3nnc(-c4cccs4)o3)ncnc2s1. The monoisotopic (exact) mass is 374 g/mol. The number of thioether (sulfide) groups is 1. The maximum absolute atomic E-state index is 5.83. The number of fused-ring (bicyclic) bond motifs is 1. The zero-order valence-corrected chi connectivity index (χ0v) is 15.5. The lowest BCUT2D eigenvalue weighted by molar-refractivity contribution is 0.510. The minimum atomic E-state index is 0.0225. The molecule has 0 saturated carbocycles. The highest BCUT2D eigenvalue weighted by Crippen LogP contribution is 2.39. The van der Waals surface area contributed by atoms with E-state index >= 15 is 0 Å². The van der Waals surface area contributed by atoms with Gasteiger partial charge in [0.25, 0.3) is 5.89 Å². The van der Waals surface area contributed by atoms with Crippen molar-refractivity contribution in [2.75, 3.05) is 0 Å². The number of rotatable bonds is 5. The number of hydrogen-bond donors (Lipinski definition) is 0. The number of nitrogens with zero attached hydrogens (tertiary/aromatic N) is 4. The van der Waals surface area contributed by atoms with E-state index in [9.17, 15) is 0 Å². The van der Waals surface area contributed by atoms with Crippen LogP contribution in [-0.2, 0) is 6.42 Å². The molecule has 0 amide bonds. The number of thiophene rings is 2. The van der Waals surface area contributed by atoms with Crippen molar-refractivity contribution in [2.24, 2.45) is 0 Å². The van der Waals surface area contributed by atoms with Crippen molar-refractivity contribution in [3.05, 3.63) is 40.7 Å². The molecule has 8 heteroatoms. The van der Waals surface area contributed by atoms with Crippen molar-refractivity contribution in [1.29, 1.82) is 0 Å². The van der Waals surface area contributed by atoms with E-state index < -0.39 is 0 Å². The summed E-state index contributed by atoms with van der Waals surface area (Å²) in [6.07, 6.45) is 2.63.